The van der Waals surface area contributed by atoms with Crippen LogP contribution >= 0.6 is 34.8 Å². The average Bonchev–Trinajstić information content (AvgIpc) is 1.63. The van der Waals surface area contributed by atoms with E-state index in [0.717, 1.165) is 165 Å². The normalized spacial score (nSPS) is 22.6. The van der Waals surface area contributed by atoms with Crippen LogP contribution < -0.4 is 43.5 Å². The fraction of sp³-hybridized carbons (Fsp3) is 0.505. The number of hydrogen-bond acceptors (Lipinski definition) is 24. The summed E-state index contributed by atoms with van der Waals surface area (Å²) in [5.41, 5.74) is 2.17. The van der Waals surface area contributed by atoms with Gasteiger partial charge < -0.3 is 58.9 Å². The first-order chi connectivity index (χ1) is 67.9. The van der Waals surface area contributed by atoms with Crippen LogP contribution in [0.4, 0.5) is 16.0 Å². The lowest BCUT2D eigenvalue weighted by atomic mass is 9.84. The number of nitrogens with one attached hydrogen (secondary N) is 4. The molecule has 766 valence electrons. The van der Waals surface area contributed by atoms with Gasteiger partial charge >= 0.3 is 0 Å². The lowest BCUT2D eigenvalue weighted by molar-refractivity contribution is -0.128. The largest absolute Gasteiger partial charge is 0.477 e. The van der Waals surface area contributed by atoms with Crippen molar-refractivity contribution in [3.05, 3.63) is 253 Å². The number of pyridine rings is 3. The molecule has 143 heavy (non-hydrogen) atoms. The van der Waals surface area contributed by atoms with E-state index >= 15 is 0 Å². The molecule has 27 nitrogen and oxygen atoms in total. The predicted octanol–water partition coefficient (Wildman–Crippen LogP) is 19.0. The van der Waals surface area contributed by atoms with E-state index in [1.54, 1.807) is 48.5 Å². The van der Waals surface area contributed by atoms with Crippen LogP contribution in [0.2, 0.25) is 15.1 Å². The van der Waals surface area contributed by atoms with E-state index in [1.165, 1.54) is 56.7 Å². The molecule has 6 aliphatic heterocycles. The lowest BCUT2D eigenvalue weighted by Crippen LogP contribution is -2.44. The summed E-state index contributed by atoms with van der Waals surface area (Å²) in [5, 5.41) is 37.0. The number of aromatic nitrogens is 3. The van der Waals surface area contributed by atoms with E-state index < -0.39 is 92.4 Å². The first-order valence-electron chi connectivity index (χ1n) is 50.1. The molecule has 21 rings (SSSR count). The topological polar surface area (TPSA) is 363 Å². The maximum atomic E-state index is 13.6. The molecule has 3 atom stereocenters. The molecular formula is C109H131Cl3FN9O18S3. The van der Waals surface area contributed by atoms with E-state index in [2.05, 4.69) is 41.8 Å². The van der Waals surface area contributed by atoms with Crippen molar-refractivity contribution >= 4 is 94.2 Å². The molecule has 3 unspecified atom stereocenters. The highest BCUT2D eigenvalue weighted by molar-refractivity contribution is 7.90. The molecule has 9 heterocycles. The third-order valence-electron chi connectivity index (χ3n) is 31.3. The highest BCUT2D eigenvalue weighted by Crippen LogP contribution is 2.53. The van der Waals surface area contributed by atoms with Gasteiger partial charge in [0, 0.05) is 97.5 Å². The third-order valence-corrected chi connectivity index (χ3v) is 35.7. The zero-order chi connectivity index (χ0) is 99.7. The summed E-state index contributed by atoms with van der Waals surface area (Å²) in [6.45, 7) is 11.4. The SMILES string of the molecule is C.Cc1ccc(C2CCC3(CCCC3)OC2)c(OC2(C(=O)NS(=O)(=O)c3cccc(F)n3)CC2)c1.Cc1ccc(C2CCC3(CCCC3)OC2)c(OC2(C(=O)NS(=O)(=O)c3cccc(N4CCC(O)(c5ccc(Cl)cc5)CC4)n3)CC2)c1.Cc1ccc(C2CCC3(CCCC3)OC2)c(OC2(C(=O)NS(=O)(=O)c3cccc(N4CCC(O)(c5ccc(Cl)cc5)CC4)n3)CC2)c1.OC1(c2ccc(Cl)cc2)CCNCC1. The smallest absolute Gasteiger partial charge is 0.281 e. The summed E-state index contributed by atoms with van der Waals surface area (Å²) in [6.07, 6.45) is 25.8. The number of sulfonamides is 3. The molecule has 34 heteroatoms. The highest BCUT2D eigenvalue weighted by atomic mass is 35.5. The van der Waals surface area contributed by atoms with Crippen molar-refractivity contribution in [3.63, 3.8) is 0 Å². The van der Waals surface area contributed by atoms with Crippen molar-refractivity contribution in [1.82, 2.24) is 34.4 Å². The maximum Gasteiger partial charge on any atom is 0.281 e. The molecule has 0 radical (unpaired) electrons. The zero-order valence-electron chi connectivity index (χ0n) is 80.6. The van der Waals surface area contributed by atoms with Gasteiger partial charge in [-0.05, 0) is 291 Å². The molecule has 6 saturated heterocycles. The van der Waals surface area contributed by atoms with E-state index in [1.807, 2.05) is 126 Å². The van der Waals surface area contributed by atoms with Crippen molar-refractivity contribution in [1.29, 1.82) is 0 Å². The number of carbonyl (C=O) groups is 3. The number of aryl methyl sites for hydroxylation is 3. The summed E-state index contributed by atoms with van der Waals surface area (Å²) < 4.78 is 137. The second-order valence-corrected chi connectivity index (χ2v) is 47.5. The van der Waals surface area contributed by atoms with E-state index in [-0.39, 0.29) is 52.0 Å². The maximum absolute atomic E-state index is 13.6. The molecule has 9 aromatic rings. The van der Waals surface area contributed by atoms with Crippen LogP contribution in [0.5, 0.6) is 17.2 Å². The van der Waals surface area contributed by atoms with Gasteiger partial charge in [0.25, 0.3) is 47.8 Å². The van der Waals surface area contributed by atoms with E-state index in [9.17, 15) is 59.3 Å². The molecular weight excluding hydrogens is 1940 g/mol. The molecule has 6 aromatic carbocycles. The summed E-state index contributed by atoms with van der Waals surface area (Å²) in [6, 6.07) is 52.7. The number of halogens is 4. The number of nitrogens with zero attached hydrogens (tertiary/aromatic N) is 5. The Kier molecular flexibility index (Phi) is 31.4. The standard InChI is InChI=1S/2C36H42ClN3O6S.C25H29FN2O5S.C11H14ClNO.CH4/c2*1-25-7-12-29(26-13-16-34(45-24-26)14-2-3-15-34)30(23-25)46-36(17-18-36)33(41)39-47(43,44)32-6-4-5-31(38-32)40-21-19-35(42,20-22-40)27-8-10-28(37)11-9-27;1-17-7-8-19(18-9-12-24(32-16-18)10-2-3-11-24)20(15-17)33-25(13-14-25)23(29)28-34(30,31)22-6-4-5-21(26)27-22;12-10-3-1-9(2-4-10)11(14)5-7-13-8-6-11;/h2*4-12,23,26,42H,2-3,13-22,24H2,1H3,(H,39,41);4-8,15,18H,2-3,9-14,16H2,1H3,(H,28,29);1-4,13-14H,5-8H2;1H4. The Balaban J connectivity index is 0.000000139. The number of piperidine rings is 3. The number of ether oxygens (including phenoxy) is 6. The van der Waals surface area contributed by atoms with Gasteiger partial charge in [0.15, 0.2) is 31.9 Å². The molecule has 0 bridgehead atoms. The summed E-state index contributed by atoms with van der Waals surface area (Å²) in [5.74, 6) is 0.147. The number of hydrogen-bond donors (Lipinski definition) is 7. The van der Waals surface area contributed by atoms with Gasteiger partial charge in [0.2, 0.25) is 5.95 Å². The van der Waals surface area contributed by atoms with Gasteiger partial charge in [-0.2, -0.15) is 29.6 Å². The quantitative estimate of drug-likeness (QED) is 0.0292. The van der Waals surface area contributed by atoms with Gasteiger partial charge in [-0.1, -0.05) is 172 Å². The molecule has 3 amide bonds. The molecule has 7 N–H and O–H groups in total. The zero-order valence-corrected chi connectivity index (χ0v) is 85.3. The molecule has 6 saturated carbocycles. The minimum atomic E-state index is -4.32. The Morgan fingerprint density at radius 1 is 0.378 bits per heavy atom. The van der Waals surface area contributed by atoms with Gasteiger partial charge in [0.1, 0.15) is 28.9 Å². The van der Waals surface area contributed by atoms with Gasteiger partial charge in [0.05, 0.1) is 53.4 Å². The van der Waals surface area contributed by atoms with Gasteiger partial charge in [-0.25, -0.2) is 29.1 Å². The highest BCUT2D eigenvalue weighted by Gasteiger charge is 2.58. The minimum absolute atomic E-state index is 0. The number of rotatable bonds is 23. The Morgan fingerprint density at radius 3 is 0.930 bits per heavy atom. The number of benzene rings is 6. The number of anilines is 2. The predicted molar refractivity (Wildman–Crippen MR) is 545 cm³/mol. The van der Waals surface area contributed by atoms with Gasteiger partial charge in [-0.15, -0.1) is 0 Å². The lowest BCUT2D eigenvalue weighted by Gasteiger charge is -2.39. The van der Waals surface area contributed by atoms with Crippen molar-refractivity contribution < 1.29 is 87.8 Å². The van der Waals surface area contributed by atoms with Crippen LogP contribution in [0, 0.1) is 26.7 Å². The fourth-order valence-electron chi connectivity index (χ4n) is 21.9. The summed E-state index contributed by atoms with van der Waals surface area (Å²) in [7, 11) is -12.9. The minimum Gasteiger partial charge on any atom is -0.477 e. The summed E-state index contributed by atoms with van der Waals surface area (Å²) >= 11 is 17.8. The van der Waals surface area contributed by atoms with Crippen LogP contribution in [-0.4, -0.2) is 166 Å². The van der Waals surface area contributed by atoms with Crippen molar-refractivity contribution in [2.45, 2.75) is 304 Å². The molecule has 12 fully saturated rings. The molecule has 3 spiro atoms. The van der Waals surface area contributed by atoms with Crippen molar-refractivity contribution in [3.8, 4) is 17.2 Å². The van der Waals surface area contributed by atoms with Crippen LogP contribution in [0.3, 0.4) is 0 Å². The van der Waals surface area contributed by atoms with Crippen LogP contribution in [0.1, 0.15) is 268 Å². The number of carbonyl (C=O) groups excluding carboxylic acids is 3. The second kappa shape index (κ2) is 42.8. The molecule has 6 aliphatic carbocycles. The van der Waals surface area contributed by atoms with Crippen molar-refractivity contribution in [2.24, 2.45) is 0 Å². The Hall–Kier alpha value is -9.45. The summed E-state index contributed by atoms with van der Waals surface area (Å²) in [4.78, 5) is 56.2. The molecule has 12 aliphatic rings. The van der Waals surface area contributed by atoms with E-state index in [4.69, 9.17) is 63.2 Å². The Bertz CT molecular complexity index is 6150. The molecule has 3 aromatic heterocycles. The van der Waals surface area contributed by atoms with Crippen LogP contribution in [-0.2, 0) is 75.5 Å². The monoisotopic (exact) mass is 2070 g/mol. The Labute approximate surface area is 853 Å². The second-order valence-electron chi connectivity index (χ2n) is 41.3. The third kappa shape index (κ3) is 24.2. The first kappa shape index (κ1) is 105. The van der Waals surface area contributed by atoms with Gasteiger partial charge in [-0.3, -0.25) is 14.4 Å². The van der Waals surface area contributed by atoms with Crippen LogP contribution in [0.15, 0.2) is 197 Å². The van der Waals surface area contributed by atoms with Crippen molar-refractivity contribution in [2.75, 3.05) is 68.9 Å². The van der Waals surface area contributed by atoms with E-state index in [0.29, 0.717) is 154 Å². The van der Waals surface area contributed by atoms with Crippen LogP contribution in [0.25, 0.3) is 0 Å². The number of amides is 3. The number of aliphatic hydroxyl groups is 3. The Morgan fingerprint density at radius 2 is 0.657 bits per heavy atom. The first-order valence-corrected chi connectivity index (χ1v) is 55.7. The fourth-order valence-corrected chi connectivity index (χ4v) is 25.3. The average molecular weight is 2080 g/mol.